The molecule has 0 aliphatic carbocycles. The smallest absolute Gasteiger partial charge is 0.0550 e. The van der Waals surface area contributed by atoms with E-state index in [1.54, 1.807) is 0 Å². The van der Waals surface area contributed by atoms with E-state index in [0.717, 1.165) is 9.50 Å². The maximum atomic E-state index is 6.11. The number of halogens is 2. The Morgan fingerprint density at radius 3 is 2.38 bits per heavy atom. The van der Waals surface area contributed by atoms with Crippen molar-refractivity contribution in [3.63, 3.8) is 0 Å². The largest absolute Gasteiger partial charge is 0.103 e. The van der Waals surface area contributed by atoms with Crippen molar-refractivity contribution in [2.45, 2.75) is 26.7 Å². The van der Waals surface area contributed by atoms with Crippen molar-refractivity contribution in [1.29, 1.82) is 0 Å². The highest BCUT2D eigenvalue weighted by molar-refractivity contribution is 9.10. The molecule has 2 unspecified atom stereocenters. The summed E-state index contributed by atoms with van der Waals surface area (Å²) < 4.78 is 0.949. The second-order valence-corrected chi connectivity index (χ2v) is 5.78. The van der Waals surface area contributed by atoms with E-state index in [1.807, 2.05) is 18.2 Å². The number of hydrogen-bond donors (Lipinski definition) is 0. The van der Waals surface area contributed by atoms with Crippen LogP contribution in [0.5, 0.6) is 0 Å². The van der Waals surface area contributed by atoms with Gasteiger partial charge in [0.05, 0.1) is 5.02 Å². The Labute approximate surface area is 112 Å². The minimum Gasteiger partial charge on any atom is -0.103 e. The Morgan fingerprint density at radius 1 is 1.31 bits per heavy atom. The molecule has 0 fully saturated rings. The predicted octanol–water partition coefficient (Wildman–Crippen LogP) is 5.66. The van der Waals surface area contributed by atoms with Gasteiger partial charge in [0, 0.05) is 4.47 Å². The molecule has 0 aromatic heterocycles. The molecule has 0 spiro atoms. The second kappa shape index (κ2) is 5.88. The molecule has 1 rings (SSSR count). The van der Waals surface area contributed by atoms with Gasteiger partial charge in [-0.05, 0) is 51.4 Å². The normalized spacial score (nSPS) is 14.9. The van der Waals surface area contributed by atoms with Crippen molar-refractivity contribution in [1.82, 2.24) is 0 Å². The van der Waals surface area contributed by atoms with E-state index in [0.29, 0.717) is 17.8 Å². The lowest BCUT2D eigenvalue weighted by Crippen LogP contribution is -2.13. The highest BCUT2D eigenvalue weighted by Gasteiger charge is 2.19. The molecule has 2 atom stereocenters. The first kappa shape index (κ1) is 13.8. The van der Waals surface area contributed by atoms with Crippen molar-refractivity contribution < 1.29 is 0 Å². The molecule has 0 amide bonds. The standard InChI is InChI=1S/C14H18BrCl/c1-5-12(9(2)3)10(4)11-6-7-13(15)14(16)8-11/h5-10,12H,1H2,2-4H3. The van der Waals surface area contributed by atoms with E-state index < -0.39 is 0 Å². The summed E-state index contributed by atoms with van der Waals surface area (Å²) in [4.78, 5) is 0. The summed E-state index contributed by atoms with van der Waals surface area (Å²) in [6.07, 6.45) is 2.05. The van der Waals surface area contributed by atoms with Crippen molar-refractivity contribution in [2.24, 2.45) is 11.8 Å². The first-order valence-electron chi connectivity index (χ1n) is 5.54. The Balaban J connectivity index is 2.99. The zero-order chi connectivity index (χ0) is 12.3. The first-order chi connectivity index (χ1) is 7.47. The predicted molar refractivity (Wildman–Crippen MR) is 76.1 cm³/mol. The molecule has 1 aromatic rings. The van der Waals surface area contributed by atoms with Crippen LogP contribution in [0.1, 0.15) is 32.3 Å². The van der Waals surface area contributed by atoms with Crippen LogP contribution >= 0.6 is 27.5 Å². The summed E-state index contributed by atoms with van der Waals surface area (Å²) in [6, 6.07) is 6.17. The molecule has 0 aliphatic rings. The van der Waals surface area contributed by atoms with Gasteiger partial charge < -0.3 is 0 Å². The molecule has 0 radical (unpaired) electrons. The lowest BCUT2D eigenvalue weighted by atomic mass is 9.80. The summed E-state index contributed by atoms with van der Waals surface area (Å²) in [6.45, 7) is 10.6. The number of rotatable bonds is 4. The van der Waals surface area contributed by atoms with Gasteiger partial charge in [-0.15, -0.1) is 6.58 Å². The average molecular weight is 302 g/mol. The zero-order valence-electron chi connectivity index (χ0n) is 10.0. The van der Waals surface area contributed by atoms with Crippen LogP contribution in [0.25, 0.3) is 0 Å². The molecule has 0 nitrogen and oxygen atoms in total. The van der Waals surface area contributed by atoms with Crippen LogP contribution in [0, 0.1) is 11.8 Å². The zero-order valence-corrected chi connectivity index (χ0v) is 12.3. The maximum absolute atomic E-state index is 6.11. The van der Waals surface area contributed by atoms with E-state index >= 15 is 0 Å². The van der Waals surface area contributed by atoms with Crippen molar-refractivity contribution >= 4 is 27.5 Å². The molecule has 0 bridgehead atoms. The number of benzene rings is 1. The Hall–Kier alpha value is -0.270. The molecule has 1 aromatic carbocycles. The molecule has 0 N–H and O–H groups in total. The van der Waals surface area contributed by atoms with Crippen molar-refractivity contribution in [3.05, 3.63) is 45.9 Å². The van der Waals surface area contributed by atoms with Gasteiger partial charge in [-0.25, -0.2) is 0 Å². The summed E-state index contributed by atoms with van der Waals surface area (Å²) >= 11 is 9.52. The maximum Gasteiger partial charge on any atom is 0.0550 e. The molecule has 0 aliphatic heterocycles. The lowest BCUT2D eigenvalue weighted by molar-refractivity contribution is 0.406. The summed E-state index contributed by atoms with van der Waals surface area (Å²) in [5.74, 6) is 1.52. The van der Waals surface area contributed by atoms with Crippen LogP contribution in [0.15, 0.2) is 35.3 Å². The van der Waals surface area contributed by atoms with Gasteiger partial charge in [-0.1, -0.05) is 44.5 Å². The molecular weight excluding hydrogens is 284 g/mol. The molecular formula is C14H18BrCl. The quantitative estimate of drug-likeness (QED) is 0.629. The van der Waals surface area contributed by atoms with E-state index in [9.17, 15) is 0 Å². The highest BCUT2D eigenvalue weighted by Crippen LogP contribution is 2.33. The highest BCUT2D eigenvalue weighted by atomic mass is 79.9. The van der Waals surface area contributed by atoms with Crippen molar-refractivity contribution in [2.75, 3.05) is 0 Å². The molecule has 16 heavy (non-hydrogen) atoms. The van der Waals surface area contributed by atoms with Crippen LogP contribution in [0.3, 0.4) is 0 Å². The van der Waals surface area contributed by atoms with Gasteiger partial charge >= 0.3 is 0 Å². The molecule has 88 valence electrons. The van der Waals surface area contributed by atoms with Gasteiger partial charge in [0.1, 0.15) is 0 Å². The van der Waals surface area contributed by atoms with E-state index in [4.69, 9.17) is 11.6 Å². The van der Waals surface area contributed by atoms with Gasteiger partial charge in [0.2, 0.25) is 0 Å². The third kappa shape index (κ3) is 3.11. The van der Waals surface area contributed by atoms with E-state index in [2.05, 4.69) is 49.3 Å². The lowest BCUT2D eigenvalue weighted by Gasteiger charge is -2.25. The topological polar surface area (TPSA) is 0 Å². The van der Waals surface area contributed by atoms with E-state index in [-0.39, 0.29) is 0 Å². The van der Waals surface area contributed by atoms with Crippen LogP contribution in [0.4, 0.5) is 0 Å². The average Bonchev–Trinajstić information content (AvgIpc) is 2.22. The monoisotopic (exact) mass is 300 g/mol. The molecule has 0 heterocycles. The fourth-order valence-corrected chi connectivity index (χ4v) is 2.51. The molecule has 2 heteroatoms. The summed E-state index contributed by atoms with van der Waals surface area (Å²) in [7, 11) is 0. The first-order valence-corrected chi connectivity index (χ1v) is 6.72. The summed E-state index contributed by atoms with van der Waals surface area (Å²) in [5.41, 5.74) is 1.27. The van der Waals surface area contributed by atoms with Gasteiger partial charge in [0.25, 0.3) is 0 Å². The van der Waals surface area contributed by atoms with Crippen LogP contribution in [0.2, 0.25) is 5.02 Å². The Kier molecular flexibility index (Phi) is 5.07. The van der Waals surface area contributed by atoms with Gasteiger partial charge in [-0.3, -0.25) is 0 Å². The fourth-order valence-electron chi connectivity index (χ4n) is 2.07. The summed E-state index contributed by atoms with van der Waals surface area (Å²) in [5, 5.41) is 0.774. The van der Waals surface area contributed by atoms with Gasteiger partial charge in [-0.2, -0.15) is 0 Å². The minimum atomic E-state index is 0.447. The minimum absolute atomic E-state index is 0.447. The Bertz CT molecular complexity index is 371. The van der Waals surface area contributed by atoms with Crippen LogP contribution < -0.4 is 0 Å². The third-order valence-corrected chi connectivity index (χ3v) is 4.32. The number of allylic oxidation sites excluding steroid dienone is 1. The van der Waals surface area contributed by atoms with Crippen LogP contribution in [-0.2, 0) is 0 Å². The Morgan fingerprint density at radius 2 is 1.94 bits per heavy atom. The number of hydrogen-bond acceptors (Lipinski definition) is 0. The second-order valence-electron chi connectivity index (χ2n) is 4.52. The SMILES string of the molecule is C=CC(C(C)C)C(C)c1ccc(Br)c(Cl)c1. The molecule has 0 saturated carbocycles. The van der Waals surface area contributed by atoms with Crippen LogP contribution in [-0.4, -0.2) is 0 Å². The third-order valence-electron chi connectivity index (χ3n) is 3.09. The fraction of sp³-hybridized carbons (Fsp3) is 0.429. The van der Waals surface area contributed by atoms with Gasteiger partial charge in [0.15, 0.2) is 0 Å². The van der Waals surface area contributed by atoms with E-state index in [1.165, 1.54) is 5.56 Å². The molecule has 0 saturated heterocycles. The van der Waals surface area contributed by atoms with Crippen molar-refractivity contribution in [3.8, 4) is 0 Å².